The zero-order valence-corrected chi connectivity index (χ0v) is 16.1. The summed E-state index contributed by atoms with van der Waals surface area (Å²) in [6, 6.07) is 17.6. The fraction of sp³-hybridized carbons (Fsp3) is 0.318. The van der Waals surface area contributed by atoms with E-state index in [0.29, 0.717) is 17.3 Å². The molecule has 27 heavy (non-hydrogen) atoms. The molecule has 0 aliphatic carbocycles. The fourth-order valence-electron chi connectivity index (χ4n) is 3.73. The smallest absolute Gasteiger partial charge is 0.217 e. The second-order valence-electron chi connectivity index (χ2n) is 6.92. The third-order valence-electron chi connectivity index (χ3n) is 4.94. The largest absolute Gasteiger partial charge is 0.359 e. The van der Waals surface area contributed by atoms with Gasteiger partial charge in [0, 0.05) is 36.1 Å². The van der Waals surface area contributed by atoms with Crippen LogP contribution in [0.1, 0.15) is 30.9 Å². The van der Waals surface area contributed by atoms with Gasteiger partial charge in [-0.15, -0.1) is 0 Å². The van der Waals surface area contributed by atoms with Crippen LogP contribution in [0.25, 0.3) is 5.70 Å². The molecule has 0 saturated carbocycles. The molecule has 2 unspecified atom stereocenters. The van der Waals surface area contributed by atoms with E-state index < -0.39 is 0 Å². The lowest BCUT2D eigenvalue weighted by Gasteiger charge is -2.41. The first-order valence-corrected chi connectivity index (χ1v) is 9.53. The van der Waals surface area contributed by atoms with E-state index in [2.05, 4.69) is 16.2 Å². The zero-order chi connectivity index (χ0) is 19.2. The molecular weight excluding hydrogens is 360 g/mol. The van der Waals surface area contributed by atoms with Gasteiger partial charge in [0.1, 0.15) is 5.70 Å². The van der Waals surface area contributed by atoms with Crippen molar-refractivity contribution in [1.82, 2.24) is 10.2 Å². The molecule has 1 aliphatic heterocycles. The minimum absolute atomic E-state index is 0.0205. The van der Waals surface area contributed by atoms with E-state index in [1.54, 1.807) is 6.92 Å². The maximum absolute atomic E-state index is 11.8. The highest BCUT2D eigenvalue weighted by Crippen LogP contribution is 2.29. The topological polar surface area (TPSA) is 49.4 Å². The molecule has 1 aliphatic rings. The summed E-state index contributed by atoms with van der Waals surface area (Å²) in [6.07, 6.45) is 2.35. The normalized spacial score (nSPS) is 19.3. The van der Waals surface area contributed by atoms with Crippen LogP contribution in [0.5, 0.6) is 0 Å². The second kappa shape index (κ2) is 8.90. The number of benzene rings is 2. The summed E-state index contributed by atoms with van der Waals surface area (Å²) in [6.45, 7) is 2.24. The van der Waals surface area contributed by atoms with Gasteiger partial charge < -0.3 is 10.2 Å². The van der Waals surface area contributed by atoms with Crippen molar-refractivity contribution in [1.29, 1.82) is 0 Å². The first-order valence-electron chi connectivity index (χ1n) is 9.15. The van der Waals surface area contributed by atoms with Gasteiger partial charge in [-0.2, -0.15) is 0 Å². The van der Waals surface area contributed by atoms with Crippen LogP contribution in [0.2, 0.25) is 5.02 Å². The lowest BCUT2D eigenvalue weighted by atomic mass is 9.91. The van der Waals surface area contributed by atoms with Crippen LogP contribution in [0, 0.1) is 0 Å². The van der Waals surface area contributed by atoms with Crippen molar-refractivity contribution in [2.24, 2.45) is 0 Å². The van der Waals surface area contributed by atoms with Crippen molar-refractivity contribution < 1.29 is 9.59 Å². The van der Waals surface area contributed by atoms with Crippen LogP contribution in [0.15, 0.2) is 54.6 Å². The Hall–Kier alpha value is -2.55. The molecule has 0 spiro atoms. The van der Waals surface area contributed by atoms with Crippen LogP contribution < -0.4 is 5.32 Å². The number of piperidine rings is 1. The molecule has 2 atom stereocenters. The van der Waals surface area contributed by atoms with Crippen LogP contribution in [-0.2, 0) is 16.0 Å². The summed E-state index contributed by atoms with van der Waals surface area (Å²) in [5, 5.41) is 3.73. The Balaban J connectivity index is 1.86. The number of amides is 1. The van der Waals surface area contributed by atoms with Gasteiger partial charge in [-0.25, -0.2) is 4.79 Å². The molecule has 1 N–H and O–H groups in total. The van der Waals surface area contributed by atoms with E-state index in [1.807, 2.05) is 54.6 Å². The third-order valence-corrected chi connectivity index (χ3v) is 5.19. The summed E-state index contributed by atoms with van der Waals surface area (Å²) in [7, 11) is 0. The quantitative estimate of drug-likeness (QED) is 0.802. The number of hydrogen-bond acceptors (Lipinski definition) is 3. The van der Waals surface area contributed by atoms with E-state index in [1.165, 1.54) is 0 Å². The molecule has 5 heteroatoms. The molecule has 0 bridgehead atoms. The average molecular weight is 383 g/mol. The SMILES string of the molecule is CC(=O)NC1CCN(C(=C=O)c2ccccc2)C(Cc2ccc(Cl)cc2)C1. The van der Waals surface area contributed by atoms with E-state index in [0.717, 1.165) is 30.4 Å². The molecule has 1 amide bonds. The van der Waals surface area contributed by atoms with E-state index in [-0.39, 0.29) is 18.0 Å². The van der Waals surface area contributed by atoms with Gasteiger partial charge in [0.2, 0.25) is 5.91 Å². The molecule has 1 saturated heterocycles. The van der Waals surface area contributed by atoms with Gasteiger partial charge in [-0.3, -0.25) is 4.79 Å². The van der Waals surface area contributed by atoms with Gasteiger partial charge in [-0.05, 0) is 37.0 Å². The van der Waals surface area contributed by atoms with Gasteiger partial charge in [0.25, 0.3) is 0 Å². The van der Waals surface area contributed by atoms with Crippen LogP contribution >= 0.6 is 11.6 Å². The molecule has 4 nitrogen and oxygen atoms in total. The number of hydrogen-bond donors (Lipinski definition) is 1. The van der Waals surface area contributed by atoms with Crippen LogP contribution in [0.4, 0.5) is 0 Å². The average Bonchev–Trinajstić information content (AvgIpc) is 2.66. The molecule has 2 aromatic carbocycles. The number of nitrogens with one attached hydrogen (secondary N) is 1. The second-order valence-corrected chi connectivity index (χ2v) is 7.35. The Morgan fingerprint density at radius 3 is 2.52 bits per heavy atom. The molecule has 3 rings (SSSR count). The number of carbonyl (C=O) groups is 1. The van der Waals surface area contributed by atoms with Crippen LogP contribution in [0.3, 0.4) is 0 Å². The van der Waals surface area contributed by atoms with E-state index >= 15 is 0 Å². The standard InChI is InChI=1S/C22H23ClN2O2/c1-16(27)24-20-11-12-25(22(15-26)18-5-3-2-4-6-18)21(14-20)13-17-7-9-19(23)10-8-17/h2-10,20-21H,11-14H2,1H3,(H,24,27). The van der Waals surface area contributed by atoms with Gasteiger partial charge in [0.15, 0.2) is 5.94 Å². The lowest BCUT2D eigenvalue weighted by molar-refractivity contribution is -0.120. The minimum atomic E-state index is -0.0205. The lowest BCUT2D eigenvalue weighted by Crippen LogP contribution is -2.49. The summed E-state index contributed by atoms with van der Waals surface area (Å²) in [4.78, 5) is 25.5. The molecular formula is C22H23ClN2O2. The molecule has 140 valence electrons. The molecule has 0 radical (unpaired) electrons. The molecule has 0 aromatic heterocycles. The first-order chi connectivity index (χ1) is 13.1. The summed E-state index contributed by atoms with van der Waals surface area (Å²) < 4.78 is 0. The maximum atomic E-state index is 11.8. The number of rotatable bonds is 5. The Kier molecular flexibility index (Phi) is 6.33. The van der Waals surface area contributed by atoms with Crippen molar-refractivity contribution in [3.8, 4) is 0 Å². The monoisotopic (exact) mass is 382 g/mol. The number of carbonyl (C=O) groups excluding carboxylic acids is 2. The highest BCUT2D eigenvalue weighted by atomic mass is 35.5. The van der Waals surface area contributed by atoms with Crippen molar-refractivity contribution >= 4 is 29.1 Å². The summed E-state index contributed by atoms with van der Waals surface area (Å²) in [5.41, 5.74) is 2.60. The number of nitrogens with zero attached hydrogens (tertiary/aromatic N) is 1. The zero-order valence-electron chi connectivity index (χ0n) is 15.3. The van der Waals surface area contributed by atoms with E-state index in [4.69, 9.17) is 11.6 Å². The summed E-state index contributed by atoms with van der Waals surface area (Å²) >= 11 is 6.00. The van der Waals surface area contributed by atoms with Crippen molar-refractivity contribution in [2.45, 2.75) is 38.3 Å². The summed E-state index contributed by atoms with van der Waals surface area (Å²) in [5.74, 6) is 2.13. The van der Waals surface area contributed by atoms with Gasteiger partial charge in [-0.1, -0.05) is 54.1 Å². The van der Waals surface area contributed by atoms with Gasteiger partial charge in [0.05, 0.1) is 0 Å². The Labute approximate surface area is 164 Å². The molecule has 1 heterocycles. The Morgan fingerprint density at radius 2 is 1.89 bits per heavy atom. The van der Waals surface area contributed by atoms with Gasteiger partial charge >= 0.3 is 0 Å². The molecule has 2 aromatic rings. The Morgan fingerprint density at radius 1 is 1.19 bits per heavy atom. The van der Waals surface area contributed by atoms with E-state index in [9.17, 15) is 9.59 Å². The third kappa shape index (κ3) is 5.00. The predicted octanol–water partition coefficient (Wildman–Crippen LogP) is 3.72. The highest BCUT2D eigenvalue weighted by molar-refractivity contribution is 6.30. The Bertz CT molecular complexity index is 829. The number of halogens is 1. The maximum Gasteiger partial charge on any atom is 0.217 e. The van der Waals surface area contributed by atoms with Crippen molar-refractivity contribution in [3.63, 3.8) is 0 Å². The van der Waals surface area contributed by atoms with Crippen molar-refractivity contribution in [3.05, 3.63) is 70.7 Å². The van der Waals surface area contributed by atoms with Crippen LogP contribution in [-0.4, -0.2) is 35.4 Å². The van der Waals surface area contributed by atoms with Crippen molar-refractivity contribution in [2.75, 3.05) is 6.54 Å². The predicted molar refractivity (Wildman–Crippen MR) is 108 cm³/mol. The highest BCUT2D eigenvalue weighted by Gasteiger charge is 2.31. The fourth-order valence-corrected chi connectivity index (χ4v) is 3.86. The molecule has 1 fully saturated rings. The first kappa shape index (κ1) is 19.2. The minimum Gasteiger partial charge on any atom is -0.359 e. The number of likely N-dealkylation sites (tertiary alicyclic amines) is 1.